The molecule has 1 fully saturated rings. The van der Waals surface area contributed by atoms with Crippen LogP contribution in [0.15, 0.2) is 12.1 Å². The minimum Gasteiger partial charge on any atom is -0.396 e. The van der Waals surface area contributed by atoms with Crippen LogP contribution in [-0.2, 0) is 0 Å². The molecule has 0 atom stereocenters. The van der Waals surface area contributed by atoms with Crippen LogP contribution in [0, 0.1) is 16.7 Å². The number of hydrogen-bond acceptors (Lipinski definition) is 4. The van der Waals surface area contributed by atoms with E-state index < -0.39 is 0 Å². The van der Waals surface area contributed by atoms with E-state index in [1.807, 2.05) is 12.1 Å². The summed E-state index contributed by atoms with van der Waals surface area (Å²) in [5.74, 6) is 0.843. The van der Waals surface area contributed by atoms with Crippen LogP contribution in [-0.4, -0.2) is 18.1 Å². The number of rotatable bonds is 2. The Kier molecular flexibility index (Phi) is 3.66. The Morgan fingerprint density at radius 2 is 2.00 bits per heavy atom. The van der Waals surface area contributed by atoms with Crippen LogP contribution in [0.2, 0.25) is 0 Å². The molecule has 1 heterocycles. The molecule has 0 saturated heterocycles. The summed E-state index contributed by atoms with van der Waals surface area (Å²) in [6, 6.07) is 6.22. The molecular formula is C15H22N4. The normalized spacial score (nSPS) is 18.8. The van der Waals surface area contributed by atoms with Crippen LogP contribution in [0.25, 0.3) is 0 Å². The molecule has 0 spiro atoms. The first-order valence-electron chi connectivity index (χ1n) is 6.82. The molecule has 2 rings (SSSR count). The Morgan fingerprint density at radius 3 is 2.58 bits per heavy atom. The molecule has 4 heteroatoms. The standard InChI is InChI=1S/C15H22N4/c1-15(2)8-6-11(7-9-15)19(3)14-5-4-12(17)13(10-16)18-14/h4-5,11H,6-9,17H2,1-3H3. The van der Waals surface area contributed by atoms with Gasteiger partial charge in [0.1, 0.15) is 11.9 Å². The van der Waals surface area contributed by atoms with Crippen LogP contribution in [0.1, 0.15) is 45.2 Å². The smallest absolute Gasteiger partial charge is 0.165 e. The SMILES string of the molecule is CN(c1ccc(N)c(C#N)n1)C1CCC(C)(C)CC1. The van der Waals surface area contributed by atoms with Gasteiger partial charge in [0.2, 0.25) is 0 Å². The van der Waals surface area contributed by atoms with Gasteiger partial charge in [0.25, 0.3) is 0 Å². The minimum absolute atomic E-state index is 0.320. The lowest BCUT2D eigenvalue weighted by Gasteiger charge is -2.39. The van der Waals surface area contributed by atoms with Crippen molar-refractivity contribution in [3.8, 4) is 6.07 Å². The molecule has 0 bridgehead atoms. The average Bonchev–Trinajstić information content (AvgIpc) is 2.38. The minimum atomic E-state index is 0.320. The van der Waals surface area contributed by atoms with Crippen molar-refractivity contribution in [3.63, 3.8) is 0 Å². The number of pyridine rings is 1. The lowest BCUT2D eigenvalue weighted by atomic mass is 9.75. The zero-order valence-electron chi connectivity index (χ0n) is 12.0. The van der Waals surface area contributed by atoms with Crippen molar-refractivity contribution in [1.82, 2.24) is 4.98 Å². The van der Waals surface area contributed by atoms with E-state index in [-0.39, 0.29) is 0 Å². The molecule has 0 radical (unpaired) electrons. The van der Waals surface area contributed by atoms with Crippen molar-refractivity contribution in [2.45, 2.75) is 45.6 Å². The highest BCUT2D eigenvalue weighted by atomic mass is 15.2. The largest absolute Gasteiger partial charge is 0.396 e. The molecule has 1 aromatic rings. The van der Waals surface area contributed by atoms with Crippen molar-refractivity contribution in [3.05, 3.63) is 17.8 Å². The first-order valence-corrected chi connectivity index (χ1v) is 6.82. The highest BCUT2D eigenvalue weighted by Crippen LogP contribution is 2.37. The fraction of sp³-hybridized carbons (Fsp3) is 0.600. The van der Waals surface area contributed by atoms with Crippen LogP contribution in [0.3, 0.4) is 0 Å². The van der Waals surface area contributed by atoms with Gasteiger partial charge in [-0.3, -0.25) is 0 Å². The maximum Gasteiger partial charge on any atom is 0.165 e. The number of aromatic nitrogens is 1. The third kappa shape index (κ3) is 2.98. The molecular weight excluding hydrogens is 236 g/mol. The second kappa shape index (κ2) is 5.08. The molecule has 1 aliphatic rings. The number of nitrogens with two attached hydrogens (primary N) is 1. The molecule has 0 aliphatic heterocycles. The summed E-state index contributed by atoms with van der Waals surface area (Å²) in [4.78, 5) is 6.53. The average molecular weight is 258 g/mol. The summed E-state index contributed by atoms with van der Waals surface area (Å²) >= 11 is 0. The molecule has 0 aromatic carbocycles. The van der Waals surface area contributed by atoms with Gasteiger partial charge in [0, 0.05) is 13.1 Å². The van der Waals surface area contributed by atoms with Gasteiger partial charge < -0.3 is 10.6 Å². The Morgan fingerprint density at radius 1 is 1.37 bits per heavy atom. The summed E-state index contributed by atoms with van der Waals surface area (Å²) in [5, 5.41) is 8.99. The lowest BCUT2D eigenvalue weighted by molar-refractivity contribution is 0.222. The topological polar surface area (TPSA) is 65.9 Å². The van der Waals surface area contributed by atoms with E-state index in [1.165, 1.54) is 25.7 Å². The van der Waals surface area contributed by atoms with E-state index in [9.17, 15) is 0 Å². The van der Waals surface area contributed by atoms with Gasteiger partial charge in [0.05, 0.1) is 5.69 Å². The van der Waals surface area contributed by atoms with E-state index in [2.05, 4.69) is 30.8 Å². The molecule has 1 saturated carbocycles. The Labute approximate surface area is 115 Å². The monoisotopic (exact) mass is 258 g/mol. The van der Waals surface area contributed by atoms with Gasteiger partial charge in [-0.25, -0.2) is 4.98 Å². The van der Waals surface area contributed by atoms with Gasteiger partial charge >= 0.3 is 0 Å². The molecule has 4 nitrogen and oxygen atoms in total. The first kappa shape index (κ1) is 13.7. The predicted molar refractivity (Wildman–Crippen MR) is 77.8 cm³/mol. The third-order valence-corrected chi connectivity index (χ3v) is 4.24. The molecule has 2 N–H and O–H groups in total. The fourth-order valence-corrected chi connectivity index (χ4v) is 2.70. The van der Waals surface area contributed by atoms with Crippen molar-refractivity contribution in [2.24, 2.45) is 5.41 Å². The second-order valence-corrected chi connectivity index (χ2v) is 6.23. The van der Waals surface area contributed by atoms with Gasteiger partial charge in [-0.1, -0.05) is 13.8 Å². The van der Waals surface area contributed by atoms with Crippen molar-refractivity contribution in [2.75, 3.05) is 17.7 Å². The van der Waals surface area contributed by atoms with Crippen LogP contribution in [0.5, 0.6) is 0 Å². The van der Waals surface area contributed by atoms with Gasteiger partial charge in [-0.05, 0) is 43.2 Å². The summed E-state index contributed by atoms with van der Waals surface area (Å²) in [6.07, 6.45) is 4.83. The van der Waals surface area contributed by atoms with Crippen LogP contribution in [0.4, 0.5) is 11.5 Å². The van der Waals surface area contributed by atoms with E-state index in [1.54, 1.807) is 6.07 Å². The van der Waals surface area contributed by atoms with Gasteiger partial charge in [-0.15, -0.1) is 0 Å². The quantitative estimate of drug-likeness (QED) is 0.885. The zero-order chi connectivity index (χ0) is 14.0. The number of nitrogens with zero attached hydrogens (tertiary/aromatic N) is 3. The van der Waals surface area contributed by atoms with Gasteiger partial charge in [-0.2, -0.15) is 5.26 Å². The van der Waals surface area contributed by atoms with E-state index >= 15 is 0 Å². The number of nitriles is 1. The Bertz CT molecular complexity index is 491. The van der Waals surface area contributed by atoms with Crippen LogP contribution < -0.4 is 10.6 Å². The Balaban J connectivity index is 2.12. The highest BCUT2D eigenvalue weighted by molar-refractivity contribution is 5.55. The summed E-state index contributed by atoms with van der Waals surface area (Å²) in [6.45, 7) is 4.66. The summed E-state index contributed by atoms with van der Waals surface area (Å²) in [7, 11) is 2.06. The Hall–Kier alpha value is -1.76. The number of hydrogen-bond donors (Lipinski definition) is 1. The lowest BCUT2D eigenvalue weighted by Crippen LogP contribution is -2.37. The molecule has 0 amide bonds. The molecule has 1 aliphatic carbocycles. The van der Waals surface area contributed by atoms with E-state index in [4.69, 9.17) is 11.0 Å². The van der Waals surface area contributed by atoms with Crippen molar-refractivity contribution >= 4 is 11.5 Å². The predicted octanol–water partition coefficient (Wildman–Crippen LogP) is 2.94. The molecule has 19 heavy (non-hydrogen) atoms. The summed E-state index contributed by atoms with van der Waals surface area (Å²) < 4.78 is 0. The molecule has 1 aromatic heterocycles. The second-order valence-electron chi connectivity index (χ2n) is 6.23. The van der Waals surface area contributed by atoms with E-state index in [0.717, 1.165) is 5.82 Å². The maximum absolute atomic E-state index is 8.99. The zero-order valence-corrected chi connectivity index (χ0v) is 12.0. The first-order chi connectivity index (χ1) is 8.93. The number of nitrogen functional groups attached to an aromatic ring is 1. The maximum atomic E-state index is 8.99. The van der Waals surface area contributed by atoms with E-state index in [0.29, 0.717) is 22.8 Å². The molecule has 102 valence electrons. The van der Waals surface area contributed by atoms with Crippen LogP contribution >= 0.6 is 0 Å². The number of anilines is 2. The fourth-order valence-electron chi connectivity index (χ4n) is 2.70. The van der Waals surface area contributed by atoms with Gasteiger partial charge in [0.15, 0.2) is 5.69 Å². The van der Waals surface area contributed by atoms with Crippen molar-refractivity contribution < 1.29 is 0 Å². The van der Waals surface area contributed by atoms with Crippen molar-refractivity contribution in [1.29, 1.82) is 5.26 Å². The third-order valence-electron chi connectivity index (χ3n) is 4.24. The highest BCUT2D eigenvalue weighted by Gasteiger charge is 2.29. The molecule has 0 unspecified atom stereocenters. The summed E-state index contributed by atoms with van der Waals surface area (Å²) in [5.41, 5.74) is 6.94.